The Hall–Kier alpha value is -0.260. The van der Waals surface area contributed by atoms with Gasteiger partial charge in [-0.1, -0.05) is 0 Å². The van der Waals surface area contributed by atoms with Crippen LogP contribution >= 0.6 is 11.8 Å². The molecule has 64 valence electrons. The van der Waals surface area contributed by atoms with Crippen LogP contribution < -0.4 is 16.4 Å². The first-order valence-corrected chi connectivity index (χ1v) is 4.79. The second kappa shape index (κ2) is 4.58. The number of nitrogens with two attached hydrogens (primary N) is 1. The van der Waals surface area contributed by atoms with Crippen LogP contribution in [0.5, 0.6) is 0 Å². The van der Waals surface area contributed by atoms with Gasteiger partial charge in [-0.3, -0.25) is 10.1 Å². The van der Waals surface area contributed by atoms with Crippen molar-refractivity contribution in [2.75, 3.05) is 24.7 Å². The van der Waals surface area contributed by atoms with Crippen LogP contribution in [0.3, 0.4) is 0 Å². The number of nitrogens with one attached hydrogen (secondary N) is 2. The minimum absolute atomic E-state index is 0.00782. The van der Waals surface area contributed by atoms with Crippen LogP contribution in [0.1, 0.15) is 0 Å². The highest BCUT2D eigenvalue weighted by Crippen LogP contribution is 2.08. The van der Waals surface area contributed by atoms with Gasteiger partial charge < -0.3 is 11.1 Å². The first kappa shape index (κ1) is 8.83. The molecular weight excluding hydrogens is 162 g/mol. The van der Waals surface area contributed by atoms with Gasteiger partial charge in [0, 0.05) is 24.7 Å². The number of amides is 1. The highest BCUT2D eigenvalue weighted by atomic mass is 32.2. The molecule has 0 saturated carbocycles. The van der Waals surface area contributed by atoms with E-state index in [9.17, 15) is 4.79 Å². The van der Waals surface area contributed by atoms with Crippen molar-refractivity contribution in [1.82, 2.24) is 10.6 Å². The van der Waals surface area contributed by atoms with Gasteiger partial charge in [0.1, 0.15) is 0 Å². The molecule has 0 aromatic heterocycles. The largest absolute Gasteiger partial charge is 0.353 e. The Morgan fingerprint density at radius 3 is 3.18 bits per heavy atom. The van der Waals surface area contributed by atoms with Crippen LogP contribution in [-0.4, -0.2) is 36.7 Å². The van der Waals surface area contributed by atoms with Crippen LogP contribution in [0.15, 0.2) is 0 Å². The van der Waals surface area contributed by atoms with E-state index in [0.717, 1.165) is 11.6 Å². The van der Waals surface area contributed by atoms with Crippen molar-refractivity contribution in [1.29, 1.82) is 0 Å². The van der Waals surface area contributed by atoms with Gasteiger partial charge in [0.25, 0.3) is 0 Å². The van der Waals surface area contributed by atoms with Gasteiger partial charge in [0.15, 0.2) is 0 Å². The lowest BCUT2D eigenvalue weighted by molar-refractivity contribution is -0.122. The van der Waals surface area contributed by atoms with Gasteiger partial charge >= 0.3 is 0 Å². The normalized spacial score (nSPS) is 23.5. The summed E-state index contributed by atoms with van der Waals surface area (Å²) in [6.45, 7) is 1.08. The summed E-state index contributed by atoms with van der Waals surface area (Å²) in [6, 6.07) is -0.00782. The lowest BCUT2D eigenvalue weighted by Crippen LogP contribution is -2.43. The van der Waals surface area contributed by atoms with E-state index in [0.29, 0.717) is 13.1 Å². The standard InChI is InChI=1S/C6H13N3OS/c7-1-2-8-6(10)5-3-11-4-9-5/h5,9H,1-4,7H2,(H,8,10). The highest BCUT2D eigenvalue weighted by Gasteiger charge is 2.21. The third kappa shape index (κ3) is 2.69. The van der Waals surface area contributed by atoms with E-state index >= 15 is 0 Å². The van der Waals surface area contributed by atoms with Gasteiger partial charge in [-0.15, -0.1) is 11.8 Å². The summed E-state index contributed by atoms with van der Waals surface area (Å²) >= 11 is 1.74. The average molecular weight is 175 g/mol. The molecule has 0 bridgehead atoms. The second-order valence-corrected chi connectivity index (χ2v) is 3.38. The molecule has 1 fully saturated rings. The SMILES string of the molecule is NCCNC(=O)C1CSCN1. The smallest absolute Gasteiger partial charge is 0.238 e. The molecule has 1 saturated heterocycles. The summed E-state index contributed by atoms with van der Waals surface area (Å²) < 4.78 is 0. The molecule has 0 radical (unpaired) electrons. The Morgan fingerprint density at radius 1 is 1.82 bits per heavy atom. The van der Waals surface area contributed by atoms with Crippen molar-refractivity contribution in [2.24, 2.45) is 5.73 Å². The molecule has 1 unspecified atom stereocenters. The van der Waals surface area contributed by atoms with E-state index in [1.807, 2.05) is 0 Å². The lowest BCUT2D eigenvalue weighted by atomic mass is 10.3. The molecule has 0 aliphatic carbocycles. The quantitative estimate of drug-likeness (QED) is 0.500. The molecule has 1 aliphatic rings. The Kier molecular flexibility index (Phi) is 3.68. The number of thioether (sulfide) groups is 1. The Labute approximate surface area is 70.3 Å². The maximum Gasteiger partial charge on any atom is 0.238 e. The van der Waals surface area contributed by atoms with E-state index in [1.165, 1.54) is 0 Å². The number of hydrogen-bond donors (Lipinski definition) is 3. The van der Waals surface area contributed by atoms with E-state index in [1.54, 1.807) is 11.8 Å². The van der Waals surface area contributed by atoms with Crippen molar-refractivity contribution in [3.63, 3.8) is 0 Å². The third-order valence-electron chi connectivity index (χ3n) is 1.48. The third-order valence-corrected chi connectivity index (χ3v) is 2.42. The monoisotopic (exact) mass is 175 g/mol. The second-order valence-electron chi connectivity index (χ2n) is 2.35. The fourth-order valence-electron chi connectivity index (χ4n) is 0.882. The predicted molar refractivity (Wildman–Crippen MR) is 46.3 cm³/mol. The summed E-state index contributed by atoms with van der Waals surface area (Å²) in [7, 11) is 0. The first-order chi connectivity index (χ1) is 5.34. The maximum absolute atomic E-state index is 11.2. The molecule has 1 aliphatic heterocycles. The van der Waals surface area contributed by atoms with Crippen molar-refractivity contribution in [3.8, 4) is 0 Å². The molecule has 11 heavy (non-hydrogen) atoms. The van der Waals surface area contributed by atoms with E-state index in [4.69, 9.17) is 5.73 Å². The van der Waals surface area contributed by atoms with Crippen LogP contribution in [0.4, 0.5) is 0 Å². The Balaban J connectivity index is 2.17. The minimum Gasteiger partial charge on any atom is -0.353 e. The van der Waals surface area contributed by atoms with Crippen LogP contribution in [0, 0.1) is 0 Å². The van der Waals surface area contributed by atoms with Gasteiger partial charge in [0.05, 0.1) is 6.04 Å². The average Bonchev–Trinajstić information content (AvgIpc) is 2.52. The molecule has 0 aromatic rings. The fraction of sp³-hybridized carbons (Fsp3) is 0.833. The minimum atomic E-state index is -0.00782. The molecule has 1 heterocycles. The summed E-state index contributed by atoms with van der Waals surface area (Å²) in [5.41, 5.74) is 5.24. The Bertz CT molecular complexity index is 136. The van der Waals surface area contributed by atoms with Crippen LogP contribution in [0.25, 0.3) is 0 Å². The summed E-state index contributed by atoms with van der Waals surface area (Å²) in [4.78, 5) is 11.2. The van der Waals surface area contributed by atoms with E-state index in [2.05, 4.69) is 10.6 Å². The zero-order valence-electron chi connectivity index (χ0n) is 6.30. The van der Waals surface area contributed by atoms with Crippen molar-refractivity contribution >= 4 is 17.7 Å². The number of carbonyl (C=O) groups is 1. The zero-order chi connectivity index (χ0) is 8.10. The highest BCUT2D eigenvalue weighted by molar-refractivity contribution is 7.99. The van der Waals surface area contributed by atoms with E-state index < -0.39 is 0 Å². The van der Waals surface area contributed by atoms with Gasteiger partial charge in [-0.2, -0.15) is 0 Å². The maximum atomic E-state index is 11.2. The Morgan fingerprint density at radius 2 is 2.64 bits per heavy atom. The van der Waals surface area contributed by atoms with Crippen LogP contribution in [-0.2, 0) is 4.79 Å². The zero-order valence-corrected chi connectivity index (χ0v) is 7.12. The molecule has 5 heteroatoms. The van der Waals surface area contributed by atoms with Crippen molar-refractivity contribution in [3.05, 3.63) is 0 Å². The molecule has 1 amide bonds. The van der Waals surface area contributed by atoms with Crippen molar-refractivity contribution < 1.29 is 4.79 Å². The number of carbonyl (C=O) groups excluding carboxylic acids is 1. The number of rotatable bonds is 3. The fourth-order valence-corrected chi connectivity index (χ4v) is 1.82. The summed E-state index contributed by atoms with van der Waals surface area (Å²) in [6.07, 6.45) is 0. The topological polar surface area (TPSA) is 67.1 Å². The molecule has 1 atom stereocenters. The molecule has 4 N–H and O–H groups in total. The first-order valence-electron chi connectivity index (χ1n) is 3.63. The van der Waals surface area contributed by atoms with Gasteiger partial charge in [-0.25, -0.2) is 0 Å². The summed E-state index contributed by atoms with van der Waals surface area (Å²) in [5, 5.41) is 5.81. The molecule has 4 nitrogen and oxygen atoms in total. The molecule has 0 spiro atoms. The molecular formula is C6H13N3OS. The van der Waals surface area contributed by atoms with Gasteiger partial charge in [0.2, 0.25) is 5.91 Å². The molecule has 1 rings (SSSR count). The van der Waals surface area contributed by atoms with E-state index in [-0.39, 0.29) is 11.9 Å². The predicted octanol–water partition coefficient (Wildman–Crippen LogP) is -1.28. The lowest BCUT2D eigenvalue weighted by Gasteiger charge is -2.08. The van der Waals surface area contributed by atoms with Gasteiger partial charge in [-0.05, 0) is 0 Å². The molecule has 0 aromatic carbocycles. The summed E-state index contributed by atoms with van der Waals surface area (Å²) in [5.74, 6) is 1.82. The van der Waals surface area contributed by atoms with Crippen molar-refractivity contribution in [2.45, 2.75) is 6.04 Å². The van der Waals surface area contributed by atoms with Crippen LogP contribution in [0.2, 0.25) is 0 Å². The number of hydrogen-bond acceptors (Lipinski definition) is 4.